The Balaban J connectivity index is 3.06. The van der Waals surface area contributed by atoms with Gasteiger partial charge in [-0.2, -0.15) is 0 Å². The fourth-order valence-corrected chi connectivity index (χ4v) is 2.33. The van der Waals surface area contributed by atoms with Crippen molar-refractivity contribution in [3.8, 4) is 0 Å². The van der Waals surface area contributed by atoms with E-state index in [9.17, 15) is 4.79 Å². The number of nitrogens with two attached hydrogens (primary N) is 1. The largest absolute Gasteiger partial charge is 0.370 e. The molecule has 21 heavy (non-hydrogen) atoms. The Kier molecular flexibility index (Phi) is 6.49. The number of amides is 2. The summed E-state index contributed by atoms with van der Waals surface area (Å²) in [7, 11) is 0. The molecule has 1 rings (SSSR count). The molecule has 0 saturated carbocycles. The van der Waals surface area contributed by atoms with Crippen LogP contribution in [0.3, 0.4) is 0 Å². The summed E-state index contributed by atoms with van der Waals surface area (Å²) < 4.78 is 0. The first-order valence-electron chi connectivity index (χ1n) is 7.09. The van der Waals surface area contributed by atoms with E-state index in [1.807, 2.05) is 39.8 Å². The summed E-state index contributed by atoms with van der Waals surface area (Å²) in [5, 5.41) is 3.14. The van der Waals surface area contributed by atoms with Gasteiger partial charge in [0.15, 0.2) is 5.96 Å². The molecule has 116 valence electrons. The van der Waals surface area contributed by atoms with Crippen LogP contribution in [-0.4, -0.2) is 24.6 Å². The lowest BCUT2D eigenvalue weighted by molar-refractivity contribution is 0.250. The van der Waals surface area contributed by atoms with Gasteiger partial charge >= 0.3 is 6.03 Å². The van der Waals surface area contributed by atoms with E-state index in [1.165, 1.54) is 0 Å². The van der Waals surface area contributed by atoms with E-state index in [4.69, 9.17) is 17.3 Å². The summed E-state index contributed by atoms with van der Waals surface area (Å²) in [5.74, 6) is 0.110. The van der Waals surface area contributed by atoms with Gasteiger partial charge in [0.2, 0.25) is 0 Å². The number of halogens is 1. The van der Waals surface area contributed by atoms with Crippen molar-refractivity contribution in [2.45, 2.75) is 40.2 Å². The summed E-state index contributed by atoms with van der Waals surface area (Å²) in [5.41, 5.74) is 7.45. The molecule has 1 aromatic carbocycles. The first kappa shape index (κ1) is 17.3. The van der Waals surface area contributed by atoms with Gasteiger partial charge in [0.25, 0.3) is 0 Å². The Morgan fingerprint density at radius 1 is 1.43 bits per heavy atom. The van der Waals surface area contributed by atoms with Crippen LogP contribution in [0.1, 0.15) is 33.3 Å². The van der Waals surface area contributed by atoms with Gasteiger partial charge in [-0.25, -0.2) is 4.79 Å². The second kappa shape index (κ2) is 7.88. The van der Waals surface area contributed by atoms with Crippen molar-refractivity contribution in [2.75, 3.05) is 11.4 Å². The molecule has 0 spiro atoms. The van der Waals surface area contributed by atoms with Crippen LogP contribution in [-0.2, 0) is 6.42 Å². The molecule has 3 N–H and O–H groups in total. The highest BCUT2D eigenvalue weighted by Gasteiger charge is 2.20. The highest BCUT2D eigenvalue weighted by Crippen LogP contribution is 2.30. The Morgan fingerprint density at radius 2 is 2.10 bits per heavy atom. The number of rotatable bonds is 4. The number of nitrogens with one attached hydrogen (secondary N) is 1. The smallest absolute Gasteiger partial charge is 0.328 e. The maximum atomic E-state index is 12.4. The zero-order chi connectivity index (χ0) is 16.0. The van der Waals surface area contributed by atoms with E-state index >= 15 is 0 Å². The SMILES string of the molecule is CCc1cccc(Cl)c1N(CC)C(=O)NC(N)=NC(C)C. The fraction of sp³-hybridized carbons (Fsp3) is 0.467. The van der Waals surface area contributed by atoms with Crippen LogP contribution in [0.25, 0.3) is 0 Å². The van der Waals surface area contributed by atoms with Crippen molar-refractivity contribution in [3.63, 3.8) is 0 Å². The lowest BCUT2D eigenvalue weighted by atomic mass is 10.1. The zero-order valence-corrected chi connectivity index (χ0v) is 13.7. The van der Waals surface area contributed by atoms with Crippen molar-refractivity contribution >= 4 is 29.3 Å². The van der Waals surface area contributed by atoms with Gasteiger partial charge in [0.05, 0.1) is 10.7 Å². The lowest BCUT2D eigenvalue weighted by Gasteiger charge is -2.25. The number of guanidine groups is 1. The van der Waals surface area contributed by atoms with Crippen LogP contribution in [0.4, 0.5) is 10.5 Å². The van der Waals surface area contributed by atoms with Crippen molar-refractivity contribution in [2.24, 2.45) is 10.7 Å². The molecule has 0 heterocycles. The molecule has 0 saturated heterocycles. The van der Waals surface area contributed by atoms with Crippen LogP contribution in [0.5, 0.6) is 0 Å². The predicted octanol–water partition coefficient (Wildman–Crippen LogP) is 3.16. The first-order valence-corrected chi connectivity index (χ1v) is 7.47. The molecule has 0 aliphatic rings. The van der Waals surface area contributed by atoms with Crippen LogP contribution in [0, 0.1) is 0 Å². The highest BCUT2D eigenvalue weighted by molar-refractivity contribution is 6.34. The number of benzene rings is 1. The average Bonchev–Trinajstić information content (AvgIpc) is 2.40. The van der Waals surface area contributed by atoms with E-state index in [2.05, 4.69) is 10.3 Å². The van der Waals surface area contributed by atoms with Crippen LogP contribution in [0.15, 0.2) is 23.2 Å². The van der Waals surface area contributed by atoms with E-state index < -0.39 is 0 Å². The van der Waals surface area contributed by atoms with Crippen molar-refractivity contribution in [3.05, 3.63) is 28.8 Å². The van der Waals surface area contributed by atoms with Gasteiger partial charge in [0.1, 0.15) is 0 Å². The molecule has 0 aromatic heterocycles. The van der Waals surface area contributed by atoms with Crippen LogP contribution in [0.2, 0.25) is 5.02 Å². The molecule has 0 fully saturated rings. The molecule has 0 aliphatic carbocycles. The van der Waals surface area contributed by atoms with E-state index in [-0.39, 0.29) is 18.0 Å². The molecular weight excluding hydrogens is 288 g/mol. The minimum absolute atomic E-state index is 0.0203. The first-order chi connectivity index (χ1) is 9.90. The number of hydrogen-bond acceptors (Lipinski definition) is 2. The molecule has 0 unspecified atom stereocenters. The second-order valence-corrected chi connectivity index (χ2v) is 5.29. The Hall–Kier alpha value is -1.75. The maximum absolute atomic E-state index is 12.4. The quantitative estimate of drug-likeness (QED) is 0.662. The molecule has 1 aromatic rings. The van der Waals surface area contributed by atoms with Crippen molar-refractivity contribution in [1.29, 1.82) is 0 Å². The standard InChI is InChI=1S/C15H23ClN4O/c1-5-11-8-7-9-12(16)13(11)20(6-2)15(21)19-14(17)18-10(3)4/h7-10H,5-6H2,1-4H3,(H3,17,18,19,21). The van der Waals surface area contributed by atoms with Gasteiger partial charge in [-0.15, -0.1) is 0 Å². The van der Waals surface area contributed by atoms with Gasteiger partial charge in [-0.1, -0.05) is 30.7 Å². The second-order valence-electron chi connectivity index (χ2n) is 4.88. The average molecular weight is 311 g/mol. The maximum Gasteiger partial charge on any atom is 0.328 e. The predicted molar refractivity (Wildman–Crippen MR) is 89.1 cm³/mol. The molecule has 6 heteroatoms. The van der Waals surface area contributed by atoms with Gasteiger partial charge in [0, 0.05) is 12.6 Å². The number of nitrogens with zero attached hydrogens (tertiary/aromatic N) is 2. The number of aryl methyl sites for hydroxylation is 1. The van der Waals surface area contributed by atoms with Crippen LogP contribution < -0.4 is 16.0 Å². The molecule has 0 aliphatic heterocycles. The summed E-state index contributed by atoms with van der Waals surface area (Å²) in [6.45, 7) is 8.17. The summed E-state index contributed by atoms with van der Waals surface area (Å²) in [6, 6.07) is 5.31. The topological polar surface area (TPSA) is 70.7 Å². The van der Waals surface area contributed by atoms with E-state index in [0.29, 0.717) is 11.6 Å². The summed E-state index contributed by atoms with van der Waals surface area (Å²) in [4.78, 5) is 18.1. The number of urea groups is 1. The number of carbonyl (C=O) groups is 1. The Morgan fingerprint density at radius 3 is 2.62 bits per heavy atom. The van der Waals surface area contributed by atoms with Crippen molar-refractivity contribution in [1.82, 2.24) is 5.32 Å². The molecule has 5 nitrogen and oxygen atoms in total. The van der Waals surface area contributed by atoms with E-state index in [0.717, 1.165) is 17.7 Å². The minimum atomic E-state index is -0.331. The number of carbonyl (C=O) groups excluding carboxylic acids is 1. The highest BCUT2D eigenvalue weighted by atomic mass is 35.5. The van der Waals surface area contributed by atoms with Gasteiger partial charge in [-0.3, -0.25) is 15.2 Å². The molecule has 0 radical (unpaired) electrons. The molecule has 0 bridgehead atoms. The zero-order valence-electron chi connectivity index (χ0n) is 13.0. The summed E-state index contributed by atoms with van der Waals surface area (Å²) >= 11 is 6.26. The fourth-order valence-electron chi connectivity index (χ4n) is 2.04. The Bertz CT molecular complexity index is 528. The van der Waals surface area contributed by atoms with Gasteiger partial charge < -0.3 is 5.73 Å². The number of anilines is 1. The third kappa shape index (κ3) is 4.63. The minimum Gasteiger partial charge on any atom is -0.370 e. The Labute approximate surface area is 131 Å². The summed E-state index contributed by atoms with van der Waals surface area (Å²) in [6.07, 6.45) is 0.787. The normalized spacial score (nSPS) is 11.6. The van der Waals surface area contributed by atoms with E-state index in [1.54, 1.807) is 11.0 Å². The van der Waals surface area contributed by atoms with Crippen molar-refractivity contribution < 1.29 is 4.79 Å². The third-order valence-electron chi connectivity index (χ3n) is 2.91. The number of hydrogen-bond donors (Lipinski definition) is 2. The number of para-hydroxylation sites is 1. The molecule has 2 amide bonds. The molecular formula is C15H23ClN4O. The molecule has 0 atom stereocenters. The number of aliphatic imine (C=N–C) groups is 1. The third-order valence-corrected chi connectivity index (χ3v) is 3.22. The monoisotopic (exact) mass is 310 g/mol. The van der Waals surface area contributed by atoms with Crippen LogP contribution >= 0.6 is 11.6 Å². The van der Waals surface area contributed by atoms with Gasteiger partial charge in [-0.05, 0) is 38.8 Å². The lowest BCUT2D eigenvalue weighted by Crippen LogP contribution is -2.46.